The Morgan fingerprint density at radius 1 is 1.13 bits per heavy atom. The highest BCUT2D eigenvalue weighted by Crippen LogP contribution is 2.11. The number of nitrogens with zero attached hydrogens (tertiary/aromatic N) is 1. The summed E-state index contributed by atoms with van der Waals surface area (Å²) in [6.45, 7) is 2.03. The molecule has 0 saturated carbocycles. The van der Waals surface area contributed by atoms with E-state index >= 15 is 0 Å². The zero-order valence-corrected chi connectivity index (χ0v) is 8.57. The molecule has 2 heteroatoms. The van der Waals surface area contributed by atoms with E-state index in [1.54, 1.807) is 18.3 Å². The van der Waals surface area contributed by atoms with Crippen LogP contribution in [0.3, 0.4) is 0 Å². The Labute approximate surface area is 88.6 Å². The number of hydrogen-bond donors (Lipinski definition) is 0. The number of aryl methyl sites for hydroxylation is 1. The van der Waals surface area contributed by atoms with E-state index in [1.807, 2.05) is 19.1 Å². The van der Waals surface area contributed by atoms with Crippen molar-refractivity contribution in [3.05, 3.63) is 65.2 Å². The first-order chi connectivity index (χ1) is 7.25. The maximum Gasteiger partial charge on any atom is 0.123 e. The van der Waals surface area contributed by atoms with E-state index in [1.165, 1.54) is 17.7 Å². The summed E-state index contributed by atoms with van der Waals surface area (Å²) >= 11 is 0. The summed E-state index contributed by atoms with van der Waals surface area (Å²) in [4.78, 5) is 4.30. The molecule has 1 heterocycles. The minimum atomic E-state index is -0.198. The average molecular weight is 201 g/mol. The van der Waals surface area contributed by atoms with Crippen LogP contribution in [0.5, 0.6) is 0 Å². The summed E-state index contributed by atoms with van der Waals surface area (Å²) in [5, 5.41) is 0. The first kappa shape index (κ1) is 9.84. The van der Waals surface area contributed by atoms with Crippen LogP contribution in [0.4, 0.5) is 4.39 Å². The molecule has 0 fully saturated rings. The van der Waals surface area contributed by atoms with E-state index in [9.17, 15) is 4.39 Å². The SMILES string of the molecule is Cc1cccnc1Cc1ccc(F)cc1. The predicted molar refractivity (Wildman–Crippen MR) is 58.2 cm³/mol. The predicted octanol–water partition coefficient (Wildman–Crippen LogP) is 3.12. The zero-order chi connectivity index (χ0) is 10.7. The van der Waals surface area contributed by atoms with Crippen molar-refractivity contribution < 1.29 is 4.39 Å². The van der Waals surface area contributed by atoms with Crippen molar-refractivity contribution in [2.24, 2.45) is 0 Å². The lowest BCUT2D eigenvalue weighted by Crippen LogP contribution is -1.94. The highest BCUT2D eigenvalue weighted by molar-refractivity contribution is 5.26. The molecular formula is C13H12FN. The van der Waals surface area contributed by atoms with E-state index in [0.29, 0.717) is 0 Å². The van der Waals surface area contributed by atoms with Crippen LogP contribution in [0.25, 0.3) is 0 Å². The molecule has 0 atom stereocenters. The molecule has 0 aliphatic rings. The largest absolute Gasteiger partial charge is 0.261 e. The van der Waals surface area contributed by atoms with Gasteiger partial charge in [0.15, 0.2) is 0 Å². The molecule has 76 valence electrons. The zero-order valence-electron chi connectivity index (χ0n) is 8.57. The molecule has 0 unspecified atom stereocenters. The topological polar surface area (TPSA) is 12.9 Å². The quantitative estimate of drug-likeness (QED) is 0.727. The molecular weight excluding hydrogens is 189 g/mol. The molecule has 1 aromatic heterocycles. The molecule has 0 aliphatic carbocycles. The molecule has 1 nitrogen and oxygen atoms in total. The van der Waals surface area contributed by atoms with Crippen LogP contribution in [0.15, 0.2) is 42.6 Å². The molecule has 2 rings (SSSR count). The third-order valence-electron chi connectivity index (χ3n) is 2.40. The second kappa shape index (κ2) is 4.22. The summed E-state index contributed by atoms with van der Waals surface area (Å²) in [6, 6.07) is 10.5. The van der Waals surface area contributed by atoms with E-state index in [2.05, 4.69) is 4.98 Å². The Morgan fingerprint density at radius 3 is 2.53 bits per heavy atom. The van der Waals surface area contributed by atoms with E-state index in [-0.39, 0.29) is 5.82 Å². The number of rotatable bonds is 2. The smallest absolute Gasteiger partial charge is 0.123 e. The number of hydrogen-bond acceptors (Lipinski definition) is 1. The third-order valence-corrected chi connectivity index (χ3v) is 2.40. The standard InChI is InChI=1S/C13H12FN/c1-10-3-2-8-15-13(10)9-11-4-6-12(14)7-5-11/h2-8H,9H2,1H3. The van der Waals surface area contributed by atoms with Crippen molar-refractivity contribution in [2.75, 3.05) is 0 Å². The van der Waals surface area contributed by atoms with Crippen molar-refractivity contribution >= 4 is 0 Å². The Kier molecular flexibility index (Phi) is 2.77. The van der Waals surface area contributed by atoms with Gasteiger partial charge in [0.1, 0.15) is 5.82 Å². The number of pyridine rings is 1. The average Bonchev–Trinajstić information content (AvgIpc) is 2.25. The number of halogens is 1. The van der Waals surface area contributed by atoms with Gasteiger partial charge in [0.2, 0.25) is 0 Å². The molecule has 2 aromatic rings. The van der Waals surface area contributed by atoms with Gasteiger partial charge in [-0.05, 0) is 36.2 Å². The lowest BCUT2D eigenvalue weighted by atomic mass is 10.1. The maximum atomic E-state index is 12.7. The molecule has 0 radical (unpaired) electrons. The van der Waals surface area contributed by atoms with Crippen molar-refractivity contribution in [2.45, 2.75) is 13.3 Å². The van der Waals surface area contributed by atoms with Gasteiger partial charge in [0.05, 0.1) is 0 Å². The van der Waals surface area contributed by atoms with Gasteiger partial charge >= 0.3 is 0 Å². The van der Waals surface area contributed by atoms with Gasteiger partial charge in [-0.1, -0.05) is 18.2 Å². The molecule has 0 aliphatic heterocycles. The van der Waals surface area contributed by atoms with Gasteiger partial charge in [-0.25, -0.2) is 4.39 Å². The lowest BCUT2D eigenvalue weighted by Gasteiger charge is -2.04. The molecule has 0 N–H and O–H groups in total. The Hall–Kier alpha value is -1.70. The minimum absolute atomic E-state index is 0.198. The number of benzene rings is 1. The maximum absolute atomic E-state index is 12.7. The summed E-state index contributed by atoms with van der Waals surface area (Å²) in [5.41, 5.74) is 3.30. The van der Waals surface area contributed by atoms with Gasteiger partial charge in [0, 0.05) is 18.3 Å². The summed E-state index contributed by atoms with van der Waals surface area (Å²) < 4.78 is 12.7. The van der Waals surface area contributed by atoms with E-state index < -0.39 is 0 Å². The highest BCUT2D eigenvalue weighted by Gasteiger charge is 2.00. The fourth-order valence-corrected chi connectivity index (χ4v) is 1.50. The van der Waals surface area contributed by atoms with Crippen molar-refractivity contribution in [1.82, 2.24) is 4.98 Å². The van der Waals surface area contributed by atoms with Gasteiger partial charge in [0.25, 0.3) is 0 Å². The first-order valence-corrected chi connectivity index (χ1v) is 4.90. The Morgan fingerprint density at radius 2 is 1.87 bits per heavy atom. The lowest BCUT2D eigenvalue weighted by molar-refractivity contribution is 0.627. The van der Waals surface area contributed by atoms with Gasteiger partial charge < -0.3 is 0 Å². The minimum Gasteiger partial charge on any atom is -0.261 e. The molecule has 0 saturated heterocycles. The molecule has 1 aromatic carbocycles. The fraction of sp³-hybridized carbons (Fsp3) is 0.154. The monoisotopic (exact) mass is 201 g/mol. The fourth-order valence-electron chi connectivity index (χ4n) is 1.50. The molecule has 0 amide bonds. The summed E-state index contributed by atoms with van der Waals surface area (Å²) in [5.74, 6) is -0.198. The normalized spacial score (nSPS) is 10.3. The van der Waals surface area contributed by atoms with Crippen LogP contribution >= 0.6 is 0 Å². The van der Waals surface area contributed by atoms with Crippen molar-refractivity contribution in [3.8, 4) is 0 Å². The van der Waals surface area contributed by atoms with Crippen LogP contribution in [-0.2, 0) is 6.42 Å². The van der Waals surface area contributed by atoms with Crippen molar-refractivity contribution in [3.63, 3.8) is 0 Å². The van der Waals surface area contributed by atoms with Crippen LogP contribution in [-0.4, -0.2) is 4.98 Å². The van der Waals surface area contributed by atoms with Crippen molar-refractivity contribution in [1.29, 1.82) is 0 Å². The Bertz CT molecular complexity index is 448. The second-order valence-electron chi connectivity index (χ2n) is 3.57. The molecule has 0 spiro atoms. The third kappa shape index (κ3) is 2.40. The van der Waals surface area contributed by atoms with Gasteiger partial charge in [-0.2, -0.15) is 0 Å². The van der Waals surface area contributed by atoms with E-state index in [0.717, 1.165) is 17.7 Å². The van der Waals surface area contributed by atoms with Crippen LogP contribution in [0.1, 0.15) is 16.8 Å². The first-order valence-electron chi connectivity index (χ1n) is 4.90. The van der Waals surface area contributed by atoms with Crippen LogP contribution in [0.2, 0.25) is 0 Å². The van der Waals surface area contributed by atoms with Gasteiger partial charge in [-0.15, -0.1) is 0 Å². The van der Waals surface area contributed by atoms with E-state index in [4.69, 9.17) is 0 Å². The Balaban J connectivity index is 2.22. The highest BCUT2D eigenvalue weighted by atomic mass is 19.1. The molecule has 0 bridgehead atoms. The summed E-state index contributed by atoms with van der Waals surface area (Å²) in [6.07, 6.45) is 2.54. The molecule has 15 heavy (non-hydrogen) atoms. The van der Waals surface area contributed by atoms with Crippen LogP contribution in [0, 0.1) is 12.7 Å². The summed E-state index contributed by atoms with van der Waals surface area (Å²) in [7, 11) is 0. The van der Waals surface area contributed by atoms with Crippen LogP contribution < -0.4 is 0 Å². The number of aromatic nitrogens is 1. The second-order valence-corrected chi connectivity index (χ2v) is 3.57. The van der Waals surface area contributed by atoms with Gasteiger partial charge in [-0.3, -0.25) is 4.98 Å².